The van der Waals surface area contributed by atoms with E-state index in [4.69, 9.17) is 30.5 Å². The molecule has 2 N–H and O–H groups in total. The van der Waals surface area contributed by atoms with Crippen molar-refractivity contribution in [2.24, 2.45) is 5.92 Å². The second kappa shape index (κ2) is 14.0. The Morgan fingerprint density at radius 1 is 1.09 bits per heavy atom. The molecule has 1 fully saturated rings. The molecule has 3 aromatic rings. The van der Waals surface area contributed by atoms with E-state index in [1.165, 1.54) is 13.2 Å². The number of ether oxygens (including phenoxy) is 4. The van der Waals surface area contributed by atoms with E-state index >= 15 is 4.39 Å². The molecule has 45 heavy (non-hydrogen) atoms. The van der Waals surface area contributed by atoms with Gasteiger partial charge in [-0.3, -0.25) is 14.5 Å². The minimum absolute atomic E-state index is 0.0128. The molecule has 0 spiro atoms. The average Bonchev–Trinajstić information content (AvgIpc) is 3.65. The summed E-state index contributed by atoms with van der Waals surface area (Å²) >= 11 is 6.32. The van der Waals surface area contributed by atoms with Gasteiger partial charge in [0.2, 0.25) is 18.4 Å². The molecule has 2 aliphatic rings. The summed E-state index contributed by atoms with van der Waals surface area (Å²) in [6.07, 6.45) is 2.06. The van der Waals surface area contributed by atoms with Crippen molar-refractivity contribution in [1.82, 2.24) is 4.90 Å². The zero-order valence-electron chi connectivity index (χ0n) is 25.8. The molecule has 0 saturated carbocycles. The number of carbonyl (C=O) groups is 2. The lowest BCUT2D eigenvalue weighted by atomic mass is 9.82. The fraction of sp³-hybridized carbons (Fsp3) is 0.412. The van der Waals surface area contributed by atoms with E-state index < -0.39 is 29.7 Å². The van der Waals surface area contributed by atoms with E-state index in [1.54, 1.807) is 29.2 Å². The van der Waals surface area contributed by atoms with Crippen molar-refractivity contribution in [2.45, 2.75) is 52.0 Å². The second-order valence-corrected chi connectivity index (χ2v) is 11.6. The number of hydrogen-bond donors (Lipinski definition) is 2. The first-order chi connectivity index (χ1) is 21.7. The summed E-state index contributed by atoms with van der Waals surface area (Å²) in [6.45, 7) is 6.34. The minimum Gasteiger partial charge on any atom is -0.494 e. The Morgan fingerprint density at radius 3 is 2.44 bits per heavy atom. The molecule has 3 atom stereocenters. The third-order valence-electron chi connectivity index (χ3n) is 8.40. The first kappa shape index (κ1) is 32.4. The highest BCUT2D eigenvalue weighted by molar-refractivity contribution is 6.30. The van der Waals surface area contributed by atoms with E-state index in [-0.39, 0.29) is 31.4 Å². The Morgan fingerprint density at radius 2 is 1.82 bits per heavy atom. The Kier molecular flexibility index (Phi) is 10.0. The quantitative estimate of drug-likeness (QED) is 0.228. The van der Waals surface area contributed by atoms with E-state index in [0.717, 1.165) is 17.5 Å². The molecule has 2 heterocycles. The number of methoxy groups -OCH3 is 1. The number of amides is 1. The molecule has 9 nitrogen and oxygen atoms in total. The number of fused-ring (bicyclic) bond motifs is 1. The van der Waals surface area contributed by atoms with Gasteiger partial charge in [-0.2, -0.15) is 0 Å². The number of anilines is 1. The number of benzene rings is 3. The normalized spacial score (nSPS) is 19.0. The summed E-state index contributed by atoms with van der Waals surface area (Å²) in [5.74, 6) is -2.17. The zero-order chi connectivity index (χ0) is 32.2. The highest BCUT2D eigenvalue weighted by atomic mass is 35.5. The molecule has 0 bridgehead atoms. The molecule has 3 aromatic carbocycles. The van der Waals surface area contributed by atoms with Crippen LogP contribution in [-0.4, -0.2) is 55.5 Å². The molecule has 1 saturated heterocycles. The first-order valence-electron chi connectivity index (χ1n) is 15.2. The number of aliphatic carboxylic acids is 1. The number of carboxylic acids is 1. The van der Waals surface area contributed by atoms with Crippen LogP contribution < -0.4 is 24.3 Å². The SMILES string of the molecule is CCCOc1ccc([C@H]2C(C(=O)O)[C@@H](c3cc(OC)c4c(c3)OCO4)CN2CC(=O)Nc2c(CC)cc(Cl)cc2CC)c(F)c1. The van der Waals surface area contributed by atoms with Crippen molar-refractivity contribution in [1.29, 1.82) is 0 Å². The van der Waals surface area contributed by atoms with Crippen LogP contribution in [0.4, 0.5) is 10.1 Å². The van der Waals surface area contributed by atoms with Gasteiger partial charge in [0.05, 0.1) is 32.2 Å². The third kappa shape index (κ3) is 6.67. The van der Waals surface area contributed by atoms with Crippen LogP contribution in [0.15, 0.2) is 42.5 Å². The minimum atomic E-state index is -1.12. The van der Waals surface area contributed by atoms with Gasteiger partial charge in [-0.05, 0) is 66.3 Å². The maximum absolute atomic E-state index is 15.8. The van der Waals surface area contributed by atoms with Crippen molar-refractivity contribution >= 4 is 29.2 Å². The van der Waals surface area contributed by atoms with Gasteiger partial charge in [-0.15, -0.1) is 0 Å². The number of hydrogen-bond acceptors (Lipinski definition) is 7. The predicted octanol–water partition coefficient (Wildman–Crippen LogP) is 6.61. The number of likely N-dealkylation sites (tertiary alicyclic amines) is 1. The highest BCUT2D eigenvalue weighted by Crippen LogP contribution is 2.50. The third-order valence-corrected chi connectivity index (χ3v) is 8.61. The average molecular weight is 641 g/mol. The van der Waals surface area contributed by atoms with Gasteiger partial charge < -0.3 is 29.4 Å². The summed E-state index contributed by atoms with van der Waals surface area (Å²) in [7, 11) is 1.49. The summed E-state index contributed by atoms with van der Waals surface area (Å²) in [6, 6.07) is 10.6. The molecule has 5 rings (SSSR count). The van der Waals surface area contributed by atoms with Gasteiger partial charge in [0.1, 0.15) is 11.6 Å². The van der Waals surface area contributed by atoms with Crippen LogP contribution in [0.5, 0.6) is 23.0 Å². The number of nitrogens with zero attached hydrogens (tertiary/aromatic N) is 1. The number of halogens is 2. The number of rotatable bonds is 12. The van der Waals surface area contributed by atoms with Crippen LogP contribution in [-0.2, 0) is 22.4 Å². The van der Waals surface area contributed by atoms with Crippen LogP contribution in [0, 0.1) is 11.7 Å². The number of nitrogens with one attached hydrogen (secondary N) is 1. The Bertz CT molecular complexity index is 1560. The van der Waals surface area contributed by atoms with Gasteiger partial charge in [0, 0.05) is 34.8 Å². The molecular formula is C34H38ClFN2O7. The van der Waals surface area contributed by atoms with Gasteiger partial charge >= 0.3 is 5.97 Å². The van der Waals surface area contributed by atoms with Gasteiger partial charge in [-0.1, -0.05) is 38.4 Å². The van der Waals surface area contributed by atoms with Crippen LogP contribution >= 0.6 is 11.6 Å². The number of carboxylic acid groups (broad SMARTS) is 1. The molecular weight excluding hydrogens is 603 g/mol. The van der Waals surface area contributed by atoms with Crippen LogP contribution in [0.3, 0.4) is 0 Å². The van der Waals surface area contributed by atoms with Crippen molar-refractivity contribution in [3.05, 3.63) is 75.6 Å². The smallest absolute Gasteiger partial charge is 0.309 e. The van der Waals surface area contributed by atoms with Crippen molar-refractivity contribution in [3.8, 4) is 23.0 Å². The van der Waals surface area contributed by atoms with Gasteiger partial charge in [0.25, 0.3) is 0 Å². The monoisotopic (exact) mass is 640 g/mol. The summed E-state index contributed by atoms with van der Waals surface area (Å²) in [4.78, 5) is 28.4. The molecule has 0 aliphatic carbocycles. The summed E-state index contributed by atoms with van der Waals surface area (Å²) in [5.41, 5.74) is 3.28. The van der Waals surface area contributed by atoms with Crippen molar-refractivity contribution in [2.75, 3.05) is 38.9 Å². The zero-order valence-corrected chi connectivity index (χ0v) is 26.6. The highest BCUT2D eigenvalue weighted by Gasteiger charge is 2.49. The molecule has 1 unspecified atom stereocenters. The summed E-state index contributed by atoms with van der Waals surface area (Å²) < 4.78 is 38.1. The predicted molar refractivity (Wildman–Crippen MR) is 168 cm³/mol. The molecule has 0 radical (unpaired) electrons. The maximum Gasteiger partial charge on any atom is 0.309 e. The lowest BCUT2D eigenvalue weighted by Gasteiger charge is -2.27. The summed E-state index contributed by atoms with van der Waals surface area (Å²) in [5, 5.41) is 14.3. The Hall–Kier alpha value is -4.02. The fourth-order valence-corrected chi connectivity index (χ4v) is 6.59. The van der Waals surface area contributed by atoms with Crippen LogP contribution in [0.25, 0.3) is 0 Å². The fourth-order valence-electron chi connectivity index (χ4n) is 6.33. The molecule has 240 valence electrons. The standard InChI is InChI=1S/C34H38ClFN2O7/c1-5-10-43-23-8-9-24(26(36)15-23)32-30(34(40)41)25(21-13-27(42-4)33-28(14-21)44-18-45-33)16-38(32)17-29(39)37-31-19(6-2)11-22(35)12-20(31)7-3/h8-9,11-15,25,30,32H,5-7,10,16-18H2,1-4H3,(H,37,39)(H,40,41)/t25-,30?,32+/m1/s1. The van der Waals surface area contributed by atoms with Crippen LogP contribution in [0.2, 0.25) is 5.02 Å². The van der Waals surface area contributed by atoms with Gasteiger partial charge in [-0.25, -0.2) is 4.39 Å². The molecule has 0 aromatic heterocycles. The van der Waals surface area contributed by atoms with Crippen molar-refractivity contribution in [3.63, 3.8) is 0 Å². The Balaban J connectivity index is 1.54. The molecule has 2 aliphatic heterocycles. The second-order valence-electron chi connectivity index (χ2n) is 11.2. The lowest BCUT2D eigenvalue weighted by Crippen LogP contribution is -2.36. The van der Waals surface area contributed by atoms with Crippen LogP contribution in [0.1, 0.15) is 61.4 Å². The van der Waals surface area contributed by atoms with E-state index in [0.29, 0.717) is 58.7 Å². The number of aryl methyl sites for hydroxylation is 2. The largest absolute Gasteiger partial charge is 0.494 e. The van der Waals surface area contributed by atoms with Gasteiger partial charge in [0.15, 0.2) is 11.5 Å². The van der Waals surface area contributed by atoms with Crippen molar-refractivity contribution < 1.29 is 38.0 Å². The Labute approximate surface area is 267 Å². The van der Waals surface area contributed by atoms with E-state index in [1.807, 2.05) is 32.9 Å². The molecule has 11 heteroatoms. The number of carbonyl (C=O) groups excluding carboxylic acids is 1. The molecule has 1 amide bonds. The maximum atomic E-state index is 15.8. The van der Waals surface area contributed by atoms with E-state index in [9.17, 15) is 14.7 Å². The van der Waals surface area contributed by atoms with E-state index in [2.05, 4.69) is 5.32 Å². The first-order valence-corrected chi connectivity index (χ1v) is 15.5. The lowest BCUT2D eigenvalue weighted by molar-refractivity contribution is -0.143. The topological polar surface area (TPSA) is 107 Å².